The van der Waals surface area contributed by atoms with Gasteiger partial charge in [-0.2, -0.15) is 0 Å². The van der Waals surface area contributed by atoms with Crippen molar-refractivity contribution < 1.29 is 15.3 Å². The Balaban J connectivity index is 1.35. The van der Waals surface area contributed by atoms with Gasteiger partial charge in [-0.25, -0.2) is 0 Å². The highest BCUT2D eigenvalue weighted by Gasteiger charge is 2.63. The van der Waals surface area contributed by atoms with Crippen molar-refractivity contribution in [2.24, 2.45) is 81.8 Å². The van der Waals surface area contributed by atoms with Gasteiger partial charge in [0.2, 0.25) is 0 Å². The molecule has 5 aliphatic carbocycles. The predicted molar refractivity (Wildman–Crippen MR) is 156 cm³/mol. The summed E-state index contributed by atoms with van der Waals surface area (Å²) in [4.78, 5) is 0. The molecule has 0 heterocycles. The van der Waals surface area contributed by atoms with Crippen LogP contribution in [0.15, 0.2) is 0 Å². The first-order chi connectivity index (χ1) is 17.7. The van der Waals surface area contributed by atoms with Crippen molar-refractivity contribution in [1.82, 2.24) is 0 Å². The van der Waals surface area contributed by atoms with Gasteiger partial charge in [-0.05, 0) is 128 Å². The van der Waals surface area contributed by atoms with Gasteiger partial charge in [0, 0.05) is 5.92 Å². The molecule has 3 heteroatoms. The van der Waals surface area contributed by atoms with Gasteiger partial charge < -0.3 is 15.3 Å². The van der Waals surface area contributed by atoms with E-state index in [4.69, 9.17) is 0 Å². The zero-order chi connectivity index (χ0) is 27.7. The molecule has 14 unspecified atom stereocenters. The quantitative estimate of drug-likeness (QED) is 0.353. The topological polar surface area (TPSA) is 60.7 Å². The molecule has 14 atom stereocenters. The lowest BCUT2D eigenvalue weighted by molar-refractivity contribution is -0.227. The average Bonchev–Trinajstić information content (AvgIpc) is 2.81. The minimum Gasteiger partial charge on any atom is -0.393 e. The second-order valence-electron chi connectivity index (χ2n) is 17.1. The van der Waals surface area contributed by atoms with E-state index in [1.165, 1.54) is 57.8 Å². The molecule has 0 saturated heterocycles. The maximum absolute atomic E-state index is 12.2. The Kier molecular flexibility index (Phi) is 8.21. The van der Waals surface area contributed by atoms with Gasteiger partial charge in [0.25, 0.3) is 0 Å². The third-order valence-electron chi connectivity index (χ3n) is 13.9. The van der Waals surface area contributed by atoms with Gasteiger partial charge in [0.05, 0.1) is 18.3 Å². The maximum atomic E-state index is 12.2. The van der Waals surface area contributed by atoms with Crippen LogP contribution < -0.4 is 0 Å². The van der Waals surface area contributed by atoms with Crippen LogP contribution in [0, 0.1) is 81.8 Å². The van der Waals surface area contributed by atoms with E-state index in [0.29, 0.717) is 46.8 Å². The summed E-state index contributed by atoms with van der Waals surface area (Å²) in [5.41, 5.74) is 0.225. The van der Waals surface area contributed by atoms with Gasteiger partial charge in [0.15, 0.2) is 0 Å². The van der Waals surface area contributed by atoms with E-state index in [2.05, 4.69) is 48.5 Å². The van der Waals surface area contributed by atoms with Gasteiger partial charge >= 0.3 is 0 Å². The molecule has 3 nitrogen and oxygen atoms in total. The molecule has 0 bridgehead atoms. The summed E-state index contributed by atoms with van der Waals surface area (Å²) in [5, 5.41) is 34.6. The zero-order valence-corrected chi connectivity index (χ0v) is 26.1. The Morgan fingerprint density at radius 3 is 2.05 bits per heavy atom. The molecular formula is C35H62O3. The van der Waals surface area contributed by atoms with E-state index in [1.807, 2.05) is 6.92 Å². The molecule has 5 rings (SSSR count). The van der Waals surface area contributed by atoms with Crippen molar-refractivity contribution in [3.05, 3.63) is 0 Å². The monoisotopic (exact) mass is 530 g/mol. The lowest BCUT2D eigenvalue weighted by Crippen LogP contribution is -2.65. The van der Waals surface area contributed by atoms with E-state index in [0.717, 1.165) is 24.2 Å². The molecule has 0 aromatic heterocycles. The number of hydrogen-bond acceptors (Lipinski definition) is 3. The summed E-state index contributed by atoms with van der Waals surface area (Å²) in [5.74, 6) is 6.24. The minimum absolute atomic E-state index is 0.0601. The number of fused-ring (bicyclic) bond motifs is 3. The van der Waals surface area contributed by atoms with Crippen molar-refractivity contribution in [3.8, 4) is 0 Å². The lowest BCUT2D eigenvalue weighted by Gasteiger charge is -2.65. The van der Waals surface area contributed by atoms with E-state index < -0.39 is 12.2 Å². The number of rotatable bonds is 3. The van der Waals surface area contributed by atoms with Crippen molar-refractivity contribution >= 4 is 0 Å². The number of hydrogen-bond donors (Lipinski definition) is 3. The van der Waals surface area contributed by atoms with Crippen molar-refractivity contribution in [1.29, 1.82) is 0 Å². The number of aliphatic hydroxyl groups excluding tert-OH is 3. The Morgan fingerprint density at radius 1 is 0.789 bits per heavy atom. The van der Waals surface area contributed by atoms with E-state index >= 15 is 0 Å². The molecule has 0 amide bonds. The summed E-state index contributed by atoms with van der Waals surface area (Å²) in [6.07, 6.45) is 12.1. The summed E-state index contributed by atoms with van der Waals surface area (Å²) < 4.78 is 0. The SMILES string of the molecule is CC(O)C1C(C)CC2CC3CC4C(C5CCC(CC(C)(C)C)CC5)CCC(C)C4C(O)C3C(C)C2(C)C1O. The molecular weight excluding hydrogens is 468 g/mol. The van der Waals surface area contributed by atoms with E-state index in [9.17, 15) is 15.3 Å². The first-order valence-corrected chi connectivity index (χ1v) is 16.8. The van der Waals surface area contributed by atoms with Crippen LogP contribution in [0.2, 0.25) is 0 Å². The predicted octanol–water partition coefficient (Wildman–Crippen LogP) is 7.56. The van der Waals surface area contributed by atoms with Crippen LogP contribution in [0.5, 0.6) is 0 Å². The summed E-state index contributed by atoms with van der Waals surface area (Å²) in [7, 11) is 0. The molecule has 0 radical (unpaired) electrons. The minimum atomic E-state index is -0.489. The first kappa shape index (κ1) is 29.4. The highest BCUT2D eigenvalue weighted by Crippen LogP contribution is 2.65. The largest absolute Gasteiger partial charge is 0.393 e. The number of aliphatic hydroxyl groups is 3. The smallest absolute Gasteiger partial charge is 0.0654 e. The molecule has 3 N–H and O–H groups in total. The fraction of sp³-hybridized carbons (Fsp3) is 1.00. The molecule has 0 aromatic carbocycles. The molecule has 0 spiro atoms. The Morgan fingerprint density at radius 2 is 1.45 bits per heavy atom. The third kappa shape index (κ3) is 4.95. The fourth-order valence-electron chi connectivity index (χ4n) is 12.1. The Bertz CT molecular complexity index is 808. The fourth-order valence-corrected chi connectivity index (χ4v) is 12.1. The lowest BCUT2D eigenvalue weighted by atomic mass is 9.41. The second-order valence-corrected chi connectivity index (χ2v) is 17.1. The Hall–Kier alpha value is -0.120. The van der Waals surface area contributed by atoms with E-state index in [-0.39, 0.29) is 23.4 Å². The molecule has 0 aromatic rings. The standard InChI is InChI=1S/C35H62O3/c1-19-9-14-27(24-12-10-23(11-13-24)18-34(5,6)7)28-17-25-16-26-15-20(2)29(22(4)36)33(38)35(26,8)21(3)31(25)32(37)30(19)28/h19-33,36-38H,9-18H2,1-8H3. The van der Waals surface area contributed by atoms with Crippen LogP contribution >= 0.6 is 0 Å². The summed E-state index contributed by atoms with van der Waals surface area (Å²) in [6, 6.07) is 0. The molecule has 38 heavy (non-hydrogen) atoms. The van der Waals surface area contributed by atoms with Gasteiger partial charge in [-0.15, -0.1) is 0 Å². The zero-order valence-electron chi connectivity index (χ0n) is 26.1. The highest BCUT2D eigenvalue weighted by molar-refractivity contribution is 5.12. The van der Waals surface area contributed by atoms with Crippen LogP contribution in [0.3, 0.4) is 0 Å². The molecule has 5 aliphatic rings. The third-order valence-corrected chi connectivity index (χ3v) is 13.9. The van der Waals surface area contributed by atoms with Crippen molar-refractivity contribution in [2.45, 2.75) is 138 Å². The van der Waals surface area contributed by atoms with Crippen LogP contribution in [0.1, 0.15) is 120 Å². The van der Waals surface area contributed by atoms with Gasteiger partial charge in [-0.1, -0.05) is 67.7 Å². The summed E-state index contributed by atoms with van der Waals surface area (Å²) in [6.45, 7) is 18.4. The van der Waals surface area contributed by atoms with Crippen molar-refractivity contribution in [3.63, 3.8) is 0 Å². The molecule has 5 saturated carbocycles. The van der Waals surface area contributed by atoms with Crippen LogP contribution in [0.4, 0.5) is 0 Å². The highest BCUT2D eigenvalue weighted by atomic mass is 16.3. The first-order valence-electron chi connectivity index (χ1n) is 16.8. The average molecular weight is 531 g/mol. The maximum Gasteiger partial charge on any atom is 0.0654 e. The summed E-state index contributed by atoms with van der Waals surface area (Å²) >= 11 is 0. The Labute approximate surface area is 235 Å². The van der Waals surface area contributed by atoms with Crippen molar-refractivity contribution in [2.75, 3.05) is 0 Å². The van der Waals surface area contributed by atoms with E-state index in [1.54, 1.807) is 0 Å². The normalized spacial score (nSPS) is 54.4. The van der Waals surface area contributed by atoms with Crippen LogP contribution in [-0.4, -0.2) is 33.6 Å². The molecule has 5 fully saturated rings. The second kappa shape index (κ2) is 10.6. The van der Waals surface area contributed by atoms with Gasteiger partial charge in [0.1, 0.15) is 0 Å². The van der Waals surface area contributed by atoms with Crippen LogP contribution in [0.25, 0.3) is 0 Å². The molecule has 220 valence electrons. The van der Waals surface area contributed by atoms with Gasteiger partial charge in [-0.3, -0.25) is 0 Å². The van der Waals surface area contributed by atoms with Crippen LogP contribution in [-0.2, 0) is 0 Å². The molecule has 0 aliphatic heterocycles.